The van der Waals surface area contributed by atoms with Crippen molar-refractivity contribution < 1.29 is 4.79 Å². The summed E-state index contributed by atoms with van der Waals surface area (Å²) in [5.41, 5.74) is 3.14. The fourth-order valence-corrected chi connectivity index (χ4v) is 5.98. The molecule has 1 aromatic rings. The van der Waals surface area contributed by atoms with Gasteiger partial charge in [-0.05, 0) is 55.1 Å². The molecule has 5 rings (SSSR count). The maximum atomic E-state index is 12.7. The molecule has 0 aromatic heterocycles. The van der Waals surface area contributed by atoms with Crippen LogP contribution in [0.5, 0.6) is 0 Å². The van der Waals surface area contributed by atoms with Crippen LogP contribution in [-0.4, -0.2) is 85.5 Å². The number of amides is 1. The van der Waals surface area contributed by atoms with Gasteiger partial charge in [0, 0.05) is 52.9 Å². The molecule has 2 aliphatic carbocycles. The molecule has 1 amide bonds. The number of likely N-dealkylation sites (tertiary alicyclic amines) is 1. The standard InChI is InChI=1S/C24H35N5O/c1-17(23(30)28-9-5-6-10-28)27-11-13-29(14-12-27)24(25-2)26-16-21-20-15-18-7-3-4-8-19(18)22(20)21/h3-4,7-8,17,20-22H,5-6,9-16H2,1-2H3,(H,25,26). The molecule has 4 aliphatic rings. The molecule has 1 N–H and O–H groups in total. The van der Waals surface area contributed by atoms with Gasteiger partial charge in [0.05, 0.1) is 6.04 Å². The Bertz CT molecular complexity index is 810. The predicted molar refractivity (Wildman–Crippen MR) is 120 cm³/mol. The molecular formula is C24H35N5O. The lowest BCUT2D eigenvalue weighted by atomic mass is 10.0. The van der Waals surface area contributed by atoms with Crippen LogP contribution >= 0.6 is 0 Å². The summed E-state index contributed by atoms with van der Waals surface area (Å²) < 4.78 is 0. The van der Waals surface area contributed by atoms with E-state index in [0.717, 1.165) is 82.4 Å². The number of nitrogens with one attached hydrogen (secondary N) is 1. The van der Waals surface area contributed by atoms with Crippen LogP contribution in [0.3, 0.4) is 0 Å². The Labute approximate surface area is 180 Å². The minimum Gasteiger partial charge on any atom is -0.356 e. The highest BCUT2D eigenvalue weighted by atomic mass is 16.2. The topological polar surface area (TPSA) is 51.2 Å². The molecular weight excluding hydrogens is 374 g/mol. The molecule has 3 fully saturated rings. The second kappa shape index (κ2) is 8.22. The summed E-state index contributed by atoms with van der Waals surface area (Å²) in [5, 5.41) is 3.65. The number of nitrogens with zero attached hydrogens (tertiary/aromatic N) is 4. The fraction of sp³-hybridized carbons (Fsp3) is 0.667. The Morgan fingerprint density at radius 3 is 2.57 bits per heavy atom. The number of piperazine rings is 1. The van der Waals surface area contributed by atoms with Crippen molar-refractivity contribution >= 4 is 11.9 Å². The molecule has 30 heavy (non-hydrogen) atoms. The Morgan fingerprint density at radius 1 is 1.10 bits per heavy atom. The summed E-state index contributed by atoms with van der Waals surface area (Å²) in [6.07, 6.45) is 3.55. The summed E-state index contributed by atoms with van der Waals surface area (Å²) >= 11 is 0. The molecule has 4 unspecified atom stereocenters. The Kier molecular flexibility index (Phi) is 5.44. The first kappa shape index (κ1) is 19.9. The van der Waals surface area contributed by atoms with Crippen LogP contribution in [0.25, 0.3) is 0 Å². The van der Waals surface area contributed by atoms with Gasteiger partial charge < -0.3 is 15.1 Å². The van der Waals surface area contributed by atoms with Gasteiger partial charge in [0.25, 0.3) is 0 Å². The quantitative estimate of drug-likeness (QED) is 0.608. The third kappa shape index (κ3) is 3.59. The number of hydrogen-bond acceptors (Lipinski definition) is 3. The van der Waals surface area contributed by atoms with E-state index >= 15 is 0 Å². The zero-order chi connectivity index (χ0) is 20.7. The molecule has 0 bridgehead atoms. The highest BCUT2D eigenvalue weighted by Gasteiger charge is 2.55. The first-order valence-corrected chi connectivity index (χ1v) is 11.7. The first-order valence-electron chi connectivity index (χ1n) is 11.7. The summed E-state index contributed by atoms with van der Waals surface area (Å²) in [5.74, 6) is 3.65. The minimum atomic E-state index is -0.00821. The largest absolute Gasteiger partial charge is 0.356 e. The number of fused-ring (bicyclic) bond motifs is 3. The second-order valence-electron chi connectivity index (χ2n) is 9.42. The maximum Gasteiger partial charge on any atom is 0.239 e. The van der Waals surface area contributed by atoms with E-state index in [1.54, 1.807) is 11.1 Å². The van der Waals surface area contributed by atoms with E-state index in [9.17, 15) is 4.79 Å². The molecule has 1 aromatic carbocycles. The van der Waals surface area contributed by atoms with Gasteiger partial charge in [-0.2, -0.15) is 0 Å². The molecule has 4 atom stereocenters. The van der Waals surface area contributed by atoms with Gasteiger partial charge in [0.2, 0.25) is 5.91 Å². The van der Waals surface area contributed by atoms with Crippen LogP contribution < -0.4 is 5.32 Å². The van der Waals surface area contributed by atoms with Crippen molar-refractivity contribution in [2.24, 2.45) is 16.8 Å². The summed E-state index contributed by atoms with van der Waals surface area (Å²) in [6.45, 7) is 8.66. The second-order valence-corrected chi connectivity index (χ2v) is 9.42. The highest BCUT2D eigenvalue weighted by molar-refractivity contribution is 5.82. The fourth-order valence-electron chi connectivity index (χ4n) is 5.98. The van der Waals surface area contributed by atoms with Crippen molar-refractivity contribution in [3.63, 3.8) is 0 Å². The Hall–Kier alpha value is -2.08. The average molecular weight is 410 g/mol. The monoisotopic (exact) mass is 409 g/mol. The van der Waals surface area contributed by atoms with E-state index in [1.165, 1.54) is 6.42 Å². The van der Waals surface area contributed by atoms with E-state index < -0.39 is 0 Å². The van der Waals surface area contributed by atoms with Gasteiger partial charge in [-0.15, -0.1) is 0 Å². The Balaban J connectivity index is 1.10. The van der Waals surface area contributed by atoms with Crippen LogP contribution in [0.2, 0.25) is 0 Å². The molecule has 2 saturated heterocycles. The van der Waals surface area contributed by atoms with Gasteiger partial charge >= 0.3 is 0 Å². The van der Waals surface area contributed by atoms with Crippen molar-refractivity contribution in [2.75, 3.05) is 52.9 Å². The van der Waals surface area contributed by atoms with E-state index in [0.29, 0.717) is 5.91 Å². The number of aliphatic imine (C=N–C) groups is 1. The van der Waals surface area contributed by atoms with E-state index in [-0.39, 0.29) is 6.04 Å². The third-order valence-electron chi connectivity index (χ3n) is 7.85. The lowest BCUT2D eigenvalue weighted by Crippen LogP contribution is -2.57. The number of rotatable bonds is 4. The smallest absolute Gasteiger partial charge is 0.239 e. The summed E-state index contributed by atoms with van der Waals surface area (Å²) in [6, 6.07) is 8.94. The van der Waals surface area contributed by atoms with Gasteiger partial charge in [-0.1, -0.05) is 24.3 Å². The lowest BCUT2D eigenvalue weighted by molar-refractivity contribution is -0.135. The molecule has 0 radical (unpaired) electrons. The van der Waals surface area contributed by atoms with Crippen molar-refractivity contribution in [3.05, 3.63) is 35.4 Å². The summed E-state index contributed by atoms with van der Waals surface area (Å²) in [7, 11) is 1.89. The Morgan fingerprint density at radius 2 is 1.83 bits per heavy atom. The number of benzene rings is 1. The molecule has 2 heterocycles. The molecule has 162 valence electrons. The lowest BCUT2D eigenvalue weighted by Gasteiger charge is -2.39. The number of guanidine groups is 1. The number of carbonyl (C=O) groups excluding carboxylic acids is 1. The van der Waals surface area contributed by atoms with Crippen molar-refractivity contribution in [1.29, 1.82) is 0 Å². The number of hydrogen-bond donors (Lipinski definition) is 1. The third-order valence-corrected chi connectivity index (χ3v) is 7.85. The highest BCUT2D eigenvalue weighted by Crippen LogP contribution is 2.60. The van der Waals surface area contributed by atoms with Crippen LogP contribution in [0.1, 0.15) is 36.8 Å². The minimum absolute atomic E-state index is 0.00821. The van der Waals surface area contributed by atoms with Gasteiger partial charge in [-0.25, -0.2) is 0 Å². The van der Waals surface area contributed by atoms with Crippen LogP contribution in [0.4, 0.5) is 0 Å². The maximum absolute atomic E-state index is 12.7. The van der Waals surface area contributed by atoms with Gasteiger partial charge in [0.1, 0.15) is 0 Å². The van der Waals surface area contributed by atoms with Crippen LogP contribution in [0, 0.1) is 11.8 Å². The number of carbonyl (C=O) groups is 1. The van der Waals surface area contributed by atoms with Crippen LogP contribution in [-0.2, 0) is 11.2 Å². The van der Waals surface area contributed by atoms with Gasteiger partial charge in [-0.3, -0.25) is 14.7 Å². The molecule has 6 heteroatoms. The van der Waals surface area contributed by atoms with Gasteiger partial charge in [0.15, 0.2) is 5.96 Å². The first-order chi connectivity index (χ1) is 14.7. The SMILES string of the molecule is CN=C(NCC1C2Cc3ccccc3C12)N1CCN(C(C)C(=O)N2CCCC2)CC1. The van der Waals surface area contributed by atoms with E-state index in [4.69, 9.17) is 0 Å². The normalized spacial score (nSPS) is 29.5. The molecule has 0 spiro atoms. The predicted octanol–water partition coefficient (Wildman–Crippen LogP) is 1.78. The van der Waals surface area contributed by atoms with E-state index in [1.807, 2.05) is 11.9 Å². The molecule has 6 nitrogen and oxygen atoms in total. The zero-order valence-corrected chi connectivity index (χ0v) is 18.4. The zero-order valence-electron chi connectivity index (χ0n) is 18.4. The average Bonchev–Trinajstić information content (AvgIpc) is 3.15. The molecule has 1 saturated carbocycles. The molecule has 2 aliphatic heterocycles. The van der Waals surface area contributed by atoms with Crippen molar-refractivity contribution in [2.45, 2.75) is 38.1 Å². The van der Waals surface area contributed by atoms with Crippen molar-refractivity contribution in [1.82, 2.24) is 20.0 Å². The summed E-state index contributed by atoms with van der Waals surface area (Å²) in [4.78, 5) is 24.0. The van der Waals surface area contributed by atoms with Crippen LogP contribution in [0.15, 0.2) is 29.3 Å². The van der Waals surface area contributed by atoms with Crippen molar-refractivity contribution in [3.8, 4) is 0 Å². The van der Waals surface area contributed by atoms with E-state index in [2.05, 4.69) is 51.3 Å².